The lowest BCUT2D eigenvalue weighted by atomic mass is 10.0. The highest BCUT2D eigenvalue weighted by molar-refractivity contribution is 6.04. The van der Waals surface area contributed by atoms with Gasteiger partial charge >= 0.3 is 0 Å². The van der Waals surface area contributed by atoms with Crippen molar-refractivity contribution < 1.29 is 19.1 Å². The van der Waals surface area contributed by atoms with E-state index in [0.29, 0.717) is 34.0 Å². The van der Waals surface area contributed by atoms with Crippen molar-refractivity contribution in [2.45, 2.75) is 13.5 Å². The lowest BCUT2D eigenvalue weighted by Crippen LogP contribution is -2.47. The number of hydrogen-bond donors (Lipinski definition) is 2. The van der Waals surface area contributed by atoms with Crippen molar-refractivity contribution in [1.29, 1.82) is 0 Å². The van der Waals surface area contributed by atoms with Gasteiger partial charge in [-0.25, -0.2) is 0 Å². The highest BCUT2D eigenvalue weighted by atomic mass is 16.5. The Balaban J connectivity index is 1.39. The number of nitrogens with zero attached hydrogens (tertiary/aromatic N) is 2. The summed E-state index contributed by atoms with van der Waals surface area (Å²) in [5.41, 5.74) is 9.93. The summed E-state index contributed by atoms with van der Waals surface area (Å²) in [5, 5.41) is 2.86. The van der Waals surface area contributed by atoms with Crippen LogP contribution >= 0.6 is 0 Å². The van der Waals surface area contributed by atoms with Gasteiger partial charge in [0.25, 0.3) is 11.8 Å². The number of benzene rings is 3. The zero-order chi connectivity index (χ0) is 25.7. The number of likely N-dealkylation sites (N-methyl/N-ethyl adjacent to an activating group) is 1. The summed E-state index contributed by atoms with van der Waals surface area (Å²) >= 11 is 0. The van der Waals surface area contributed by atoms with Crippen molar-refractivity contribution >= 4 is 23.2 Å². The fraction of sp³-hybridized carbons (Fsp3) is 0.286. The van der Waals surface area contributed by atoms with Crippen molar-refractivity contribution in [2.24, 2.45) is 0 Å². The van der Waals surface area contributed by atoms with E-state index < -0.39 is 0 Å². The summed E-state index contributed by atoms with van der Waals surface area (Å²) in [6, 6.07) is 17.9. The van der Waals surface area contributed by atoms with Gasteiger partial charge in [0.2, 0.25) is 0 Å². The number of anilines is 2. The zero-order valence-corrected chi connectivity index (χ0v) is 20.9. The standard InChI is InChI=1S/C28H32N4O4/c1-19-4-5-21(24(16-19)28(34)32-14-12-31(2)13-15-32)18-36-23-9-7-22(8-10-23)30-27(33)20-6-11-25(29)26(17-20)35-3/h4-11,16-17H,12-15,18,29H2,1-3H3,(H,30,33). The molecule has 0 aromatic heterocycles. The van der Waals surface area contributed by atoms with Crippen LogP contribution in [0.25, 0.3) is 0 Å². The number of methoxy groups -OCH3 is 1. The molecule has 3 N–H and O–H groups in total. The third-order valence-electron chi connectivity index (χ3n) is 6.29. The number of aryl methyl sites for hydroxylation is 1. The van der Waals surface area contributed by atoms with E-state index in [0.717, 1.165) is 37.3 Å². The fourth-order valence-corrected chi connectivity index (χ4v) is 4.05. The van der Waals surface area contributed by atoms with Gasteiger partial charge < -0.3 is 30.3 Å². The molecule has 188 valence electrons. The average molecular weight is 489 g/mol. The smallest absolute Gasteiger partial charge is 0.255 e. The second-order valence-electron chi connectivity index (χ2n) is 8.98. The number of nitrogens with one attached hydrogen (secondary N) is 1. The second kappa shape index (κ2) is 11.1. The van der Waals surface area contributed by atoms with E-state index in [9.17, 15) is 9.59 Å². The van der Waals surface area contributed by atoms with Crippen LogP contribution in [0, 0.1) is 6.92 Å². The molecule has 0 radical (unpaired) electrons. The predicted octanol–water partition coefficient (Wildman–Crippen LogP) is 3.80. The van der Waals surface area contributed by atoms with Gasteiger partial charge in [0.15, 0.2) is 0 Å². The molecule has 1 aliphatic rings. The number of nitrogen functional groups attached to an aromatic ring is 1. The second-order valence-corrected chi connectivity index (χ2v) is 8.98. The van der Waals surface area contributed by atoms with Crippen LogP contribution in [0.2, 0.25) is 0 Å². The summed E-state index contributed by atoms with van der Waals surface area (Å²) in [5.74, 6) is 0.866. The first-order chi connectivity index (χ1) is 17.3. The first-order valence-corrected chi connectivity index (χ1v) is 11.9. The molecule has 0 saturated carbocycles. The number of piperazine rings is 1. The summed E-state index contributed by atoms with van der Waals surface area (Å²) in [4.78, 5) is 29.9. The van der Waals surface area contributed by atoms with Gasteiger partial charge in [-0.3, -0.25) is 9.59 Å². The normalized spacial score (nSPS) is 13.8. The van der Waals surface area contributed by atoms with Crippen molar-refractivity contribution in [1.82, 2.24) is 9.80 Å². The Bertz CT molecular complexity index is 1230. The van der Waals surface area contributed by atoms with Gasteiger partial charge in [0, 0.05) is 48.6 Å². The van der Waals surface area contributed by atoms with Crippen LogP contribution in [0.15, 0.2) is 60.7 Å². The predicted molar refractivity (Wildman–Crippen MR) is 141 cm³/mol. The highest BCUT2D eigenvalue weighted by Crippen LogP contribution is 2.24. The molecule has 3 aromatic rings. The quantitative estimate of drug-likeness (QED) is 0.491. The molecule has 1 heterocycles. The van der Waals surface area contributed by atoms with Crippen LogP contribution in [0.3, 0.4) is 0 Å². The third kappa shape index (κ3) is 5.95. The van der Waals surface area contributed by atoms with Crippen LogP contribution in [0.5, 0.6) is 11.5 Å². The first-order valence-electron chi connectivity index (χ1n) is 11.9. The number of carbonyl (C=O) groups excluding carboxylic acids is 2. The molecule has 0 bridgehead atoms. The van der Waals surface area contributed by atoms with Crippen LogP contribution < -0.4 is 20.5 Å². The van der Waals surface area contributed by atoms with Gasteiger partial charge in [0.1, 0.15) is 18.1 Å². The minimum absolute atomic E-state index is 0.0442. The Kier molecular flexibility index (Phi) is 7.75. The molecule has 36 heavy (non-hydrogen) atoms. The topological polar surface area (TPSA) is 97.1 Å². The van der Waals surface area contributed by atoms with Crippen LogP contribution in [-0.2, 0) is 6.61 Å². The minimum atomic E-state index is -0.270. The van der Waals surface area contributed by atoms with Gasteiger partial charge in [-0.1, -0.05) is 17.7 Å². The van der Waals surface area contributed by atoms with E-state index in [1.807, 2.05) is 30.0 Å². The summed E-state index contributed by atoms with van der Waals surface area (Å²) in [7, 11) is 3.58. The zero-order valence-electron chi connectivity index (χ0n) is 20.9. The minimum Gasteiger partial charge on any atom is -0.495 e. The number of ether oxygens (including phenoxy) is 2. The molecule has 4 rings (SSSR count). The van der Waals surface area contributed by atoms with Gasteiger partial charge in [0.05, 0.1) is 12.8 Å². The van der Waals surface area contributed by atoms with E-state index in [4.69, 9.17) is 15.2 Å². The highest BCUT2D eigenvalue weighted by Gasteiger charge is 2.22. The molecule has 0 unspecified atom stereocenters. The Morgan fingerprint density at radius 2 is 1.69 bits per heavy atom. The van der Waals surface area contributed by atoms with Crippen LogP contribution in [0.1, 0.15) is 31.8 Å². The molecule has 0 spiro atoms. The Labute approximate surface area is 211 Å². The summed E-state index contributed by atoms with van der Waals surface area (Å²) in [6.45, 7) is 5.45. The lowest BCUT2D eigenvalue weighted by molar-refractivity contribution is 0.0661. The maximum atomic E-state index is 13.2. The van der Waals surface area contributed by atoms with E-state index in [-0.39, 0.29) is 18.4 Å². The van der Waals surface area contributed by atoms with E-state index in [2.05, 4.69) is 17.3 Å². The Morgan fingerprint density at radius 1 is 0.972 bits per heavy atom. The molecule has 1 aliphatic heterocycles. The van der Waals surface area contributed by atoms with E-state index >= 15 is 0 Å². The van der Waals surface area contributed by atoms with Gasteiger partial charge in [-0.15, -0.1) is 0 Å². The van der Waals surface area contributed by atoms with Crippen molar-refractivity contribution in [3.05, 3.63) is 82.9 Å². The first kappa shape index (κ1) is 25.1. The number of amides is 2. The number of rotatable bonds is 7. The maximum Gasteiger partial charge on any atom is 0.255 e. The van der Waals surface area contributed by atoms with Crippen molar-refractivity contribution in [3.63, 3.8) is 0 Å². The SMILES string of the molecule is COc1cc(C(=O)Nc2ccc(OCc3ccc(C)cc3C(=O)N3CCN(C)CC3)cc2)ccc1N. The molecule has 8 heteroatoms. The Hall–Kier alpha value is -4.04. The molecule has 8 nitrogen and oxygen atoms in total. The van der Waals surface area contributed by atoms with E-state index in [1.54, 1.807) is 42.5 Å². The largest absolute Gasteiger partial charge is 0.495 e. The molecule has 1 saturated heterocycles. The summed E-state index contributed by atoms with van der Waals surface area (Å²) in [6.07, 6.45) is 0. The molecule has 0 aliphatic carbocycles. The maximum absolute atomic E-state index is 13.2. The van der Waals surface area contributed by atoms with Crippen molar-refractivity contribution in [2.75, 3.05) is 51.4 Å². The number of carbonyl (C=O) groups is 2. The molecule has 0 atom stereocenters. The number of hydrogen-bond acceptors (Lipinski definition) is 6. The molecule has 2 amide bonds. The van der Waals surface area contributed by atoms with Crippen LogP contribution in [-0.4, -0.2) is 62.0 Å². The third-order valence-corrected chi connectivity index (χ3v) is 6.29. The monoisotopic (exact) mass is 488 g/mol. The van der Waals surface area contributed by atoms with E-state index in [1.165, 1.54) is 7.11 Å². The average Bonchev–Trinajstić information content (AvgIpc) is 2.89. The molecule has 3 aromatic carbocycles. The molecular formula is C28H32N4O4. The van der Waals surface area contributed by atoms with Gasteiger partial charge in [-0.2, -0.15) is 0 Å². The Morgan fingerprint density at radius 3 is 2.39 bits per heavy atom. The lowest BCUT2D eigenvalue weighted by Gasteiger charge is -2.33. The number of nitrogens with two attached hydrogens (primary N) is 1. The van der Waals surface area contributed by atoms with Crippen molar-refractivity contribution in [3.8, 4) is 11.5 Å². The molecule has 1 fully saturated rings. The van der Waals surface area contributed by atoms with Gasteiger partial charge in [-0.05, 0) is 62.5 Å². The fourth-order valence-electron chi connectivity index (χ4n) is 4.05. The summed E-state index contributed by atoms with van der Waals surface area (Å²) < 4.78 is 11.2. The van der Waals surface area contributed by atoms with Crippen LogP contribution in [0.4, 0.5) is 11.4 Å². The molecular weight excluding hydrogens is 456 g/mol.